The predicted molar refractivity (Wildman–Crippen MR) is 65.6 cm³/mol. The zero-order valence-corrected chi connectivity index (χ0v) is 9.66. The normalized spacial score (nSPS) is 15.7. The maximum absolute atomic E-state index is 11.6. The number of hydrogen-bond donors (Lipinski definition) is 2. The molecule has 0 bridgehead atoms. The van der Waals surface area contributed by atoms with Gasteiger partial charge in [-0.3, -0.25) is 4.79 Å². The Bertz CT molecular complexity index is 414. The number of anilines is 2. The van der Waals surface area contributed by atoms with Crippen LogP contribution in [0, 0.1) is 0 Å². The van der Waals surface area contributed by atoms with Gasteiger partial charge in [0, 0.05) is 12.1 Å². The van der Waals surface area contributed by atoms with E-state index in [-0.39, 0.29) is 11.4 Å². The molecule has 1 aromatic carbocycles. The second-order valence-corrected chi connectivity index (χ2v) is 4.67. The van der Waals surface area contributed by atoms with Gasteiger partial charge in [0.15, 0.2) is 0 Å². The molecule has 0 unspecified atom stereocenters. The Hall–Kier alpha value is -1.55. The lowest BCUT2D eigenvalue weighted by atomic mass is 10.00. The molecule has 1 aliphatic heterocycles. The molecule has 3 N–H and O–H groups in total. The lowest BCUT2D eigenvalue weighted by Crippen LogP contribution is -2.54. The monoisotopic (exact) mass is 219 g/mol. The molecule has 0 saturated heterocycles. The summed E-state index contributed by atoms with van der Waals surface area (Å²) in [5.41, 5.74) is 7.45. The maximum Gasteiger partial charge on any atom is 0.243 e. The molecule has 0 radical (unpaired) electrons. The molecule has 4 heteroatoms. The van der Waals surface area contributed by atoms with Crippen LogP contribution in [0.2, 0.25) is 0 Å². The van der Waals surface area contributed by atoms with E-state index < -0.39 is 0 Å². The molecule has 0 spiro atoms. The van der Waals surface area contributed by atoms with E-state index in [1.54, 1.807) is 0 Å². The number of carbonyl (C=O) groups is 1. The fourth-order valence-electron chi connectivity index (χ4n) is 1.88. The zero-order chi connectivity index (χ0) is 11.8. The lowest BCUT2D eigenvalue weighted by molar-refractivity contribution is -0.115. The minimum atomic E-state index is -0.214. The van der Waals surface area contributed by atoms with Crippen molar-refractivity contribution in [2.24, 2.45) is 5.73 Å². The Balaban J connectivity index is 2.45. The van der Waals surface area contributed by atoms with Crippen molar-refractivity contribution in [3.05, 3.63) is 24.3 Å². The summed E-state index contributed by atoms with van der Waals surface area (Å²) < 4.78 is 0. The van der Waals surface area contributed by atoms with Gasteiger partial charge < -0.3 is 16.0 Å². The number of nitrogens with zero attached hydrogens (tertiary/aromatic N) is 1. The van der Waals surface area contributed by atoms with Crippen LogP contribution in [0.3, 0.4) is 0 Å². The standard InChI is InChI=1S/C12H17N3O/c1-12(2,8-13)15-7-11(16)14-9-5-3-4-6-10(9)15/h3-6H,7-8,13H2,1-2H3,(H,14,16). The second kappa shape index (κ2) is 3.79. The molecule has 1 aromatic rings. The Morgan fingerprint density at radius 2 is 2.12 bits per heavy atom. The molecule has 86 valence electrons. The molecule has 2 rings (SSSR count). The van der Waals surface area contributed by atoms with Crippen LogP contribution in [0.1, 0.15) is 13.8 Å². The molecule has 0 atom stereocenters. The Labute approximate surface area is 95.4 Å². The summed E-state index contributed by atoms with van der Waals surface area (Å²) in [5.74, 6) is 0.0141. The fraction of sp³-hybridized carbons (Fsp3) is 0.417. The van der Waals surface area contributed by atoms with Crippen molar-refractivity contribution in [2.75, 3.05) is 23.3 Å². The second-order valence-electron chi connectivity index (χ2n) is 4.67. The lowest BCUT2D eigenvalue weighted by Gasteiger charge is -2.42. The van der Waals surface area contributed by atoms with Gasteiger partial charge in [-0.2, -0.15) is 0 Å². The number of para-hydroxylation sites is 2. The third-order valence-corrected chi connectivity index (χ3v) is 3.00. The van der Waals surface area contributed by atoms with Gasteiger partial charge in [-0.15, -0.1) is 0 Å². The van der Waals surface area contributed by atoms with Crippen molar-refractivity contribution in [1.29, 1.82) is 0 Å². The number of nitrogens with two attached hydrogens (primary N) is 1. The van der Waals surface area contributed by atoms with E-state index in [9.17, 15) is 4.79 Å². The first-order valence-corrected chi connectivity index (χ1v) is 5.41. The molecule has 0 saturated carbocycles. The summed E-state index contributed by atoms with van der Waals surface area (Å²) in [5, 5.41) is 2.86. The smallest absolute Gasteiger partial charge is 0.243 e. The van der Waals surface area contributed by atoms with Gasteiger partial charge in [-0.1, -0.05) is 12.1 Å². The summed E-state index contributed by atoms with van der Waals surface area (Å²) in [7, 11) is 0. The van der Waals surface area contributed by atoms with E-state index in [4.69, 9.17) is 5.73 Å². The average Bonchev–Trinajstić information content (AvgIpc) is 2.28. The number of fused-ring (bicyclic) bond motifs is 1. The van der Waals surface area contributed by atoms with Gasteiger partial charge in [0.05, 0.1) is 17.9 Å². The molecule has 0 fully saturated rings. The van der Waals surface area contributed by atoms with Gasteiger partial charge in [-0.25, -0.2) is 0 Å². The number of benzene rings is 1. The van der Waals surface area contributed by atoms with Crippen LogP contribution in [0.5, 0.6) is 0 Å². The van der Waals surface area contributed by atoms with E-state index in [1.807, 2.05) is 38.1 Å². The van der Waals surface area contributed by atoms with Crippen LogP contribution >= 0.6 is 0 Å². The van der Waals surface area contributed by atoms with E-state index in [1.165, 1.54) is 0 Å². The summed E-state index contributed by atoms with van der Waals surface area (Å²) in [6.07, 6.45) is 0. The molecule has 1 amide bonds. The highest BCUT2D eigenvalue weighted by Crippen LogP contribution is 2.33. The van der Waals surface area contributed by atoms with Crippen molar-refractivity contribution < 1.29 is 4.79 Å². The number of carbonyl (C=O) groups excluding carboxylic acids is 1. The number of rotatable bonds is 2. The average molecular weight is 219 g/mol. The van der Waals surface area contributed by atoms with Crippen molar-refractivity contribution >= 4 is 17.3 Å². The molecular formula is C12H17N3O. The van der Waals surface area contributed by atoms with Crippen LogP contribution in [0.15, 0.2) is 24.3 Å². The Morgan fingerprint density at radius 3 is 2.81 bits per heavy atom. The molecule has 4 nitrogen and oxygen atoms in total. The van der Waals surface area contributed by atoms with Crippen LogP contribution in [0.25, 0.3) is 0 Å². The van der Waals surface area contributed by atoms with Gasteiger partial charge in [0.2, 0.25) is 5.91 Å². The molecular weight excluding hydrogens is 202 g/mol. The van der Waals surface area contributed by atoms with Gasteiger partial charge >= 0.3 is 0 Å². The van der Waals surface area contributed by atoms with Crippen LogP contribution in [-0.4, -0.2) is 24.5 Å². The summed E-state index contributed by atoms with van der Waals surface area (Å²) >= 11 is 0. The van der Waals surface area contributed by atoms with Crippen molar-refractivity contribution in [2.45, 2.75) is 19.4 Å². The predicted octanol–water partition coefficient (Wildman–Crippen LogP) is 1.18. The van der Waals surface area contributed by atoms with E-state index in [0.29, 0.717) is 13.1 Å². The first-order chi connectivity index (χ1) is 7.54. The van der Waals surface area contributed by atoms with Crippen LogP contribution in [-0.2, 0) is 4.79 Å². The first-order valence-electron chi connectivity index (χ1n) is 5.41. The highest BCUT2D eigenvalue weighted by Gasteiger charge is 2.31. The summed E-state index contributed by atoms with van der Waals surface area (Å²) in [4.78, 5) is 13.7. The number of hydrogen-bond acceptors (Lipinski definition) is 3. The van der Waals surface area contributed by atoms with Crippen LogP contribution < -0.4 is 16.0 Å². The minimum absolute atomic E-state index is 0.0141. The SMILES string of the molecule is CC(C)(CN)N1CC(=O)Nc2ccccc21. The molecule has 1 aliphatic rings. The molecule has 1 heterocycles. The number of amides is 1. The van der Waals surface area contributed by atoms with Gasteiger partial charge in [-0.05, 0) is 26.0 Å². The van der Waals surface area contributed by atoms with Gasteiger partial charge in [0.25, 0.3) is 0 Å². The van der Waals surface area contributed by atoms with Crippen LogP contribution in [0.4, 0.5) is 11.4 Å². The summed E-state index contributed by atoms with van der Waals surface area (Å²) in [6.45, 7) is 4.96. The van der Waals surface area contributed by atoms with E-state index >= 15 is 0 Å². The van der Waals surface area contributed by atoms with Crippen molar-refractivity contribution in [1.82, 2.24) is 0 Å². The molecule has 0 aliphatic carbocycles. The minimum Gasteiger partial charge on any atom is -0.354 e. The van der Waals surface area contributed by atoms with E-state index in [0.717, 1.165) is 11.4 Å². The van der Waals surface area contributed by atoms with Gasteiger partial charge in [0.1, 0.15) is 0 Å². The maximum atomic E-state index is 11.6. The summed E-state index contributed by atoms with van der Waals surface area (Å²) in [6, 6.07) is 7.80. The highest BCUT2D eigenvalue weighted by atomic mass is 16.2. The number of nitrogens with one attached hydrogen (secondary N) is 1. The van der Waals surface area contributed by atoms with E-state index in [2.05, 4.69) is 10.2 Å². The largest absolute Gasteiger partial charge is 0.354 e. The highest BCUT2D eigenvalue weighted by molar-refractivity contribution is 6.01. The zero-order valence-electron chi connectivity index (χ0n) is 9.66. The Morgan fingerprint density at radius 1 is 1.44 bits per heavy atom. The Kier molecular flexibility index (Phi) is 2.59. The van der Waals surface area contributed by atoms with Crippen molar-refractivity contribution in [3.8, 4) is 0 Å². The van der Waals surface area contributed by atoms with Crippen molar-refractivity contribution in [3.63, 3.8) is 0 Å². The third-order valence-electron chi connectivity index (χ3n) is 3.00. The first kappa shape index (κ1) is 11.0. The molecule has 0 aromatic heterocycles. The fourth-order valence-corrected chi connectivity index (χ4v) is 1.88. The quantitative estimate of drug-likeness (QED) is 0.785. The third kappa shape index (κ3) is 1.76. The topological polar surface area (TPSA) is 58.4 Å². The molecule has 16 heavy (non-hydrogen) atoms.